The molecule has 3 aromatic rings. The molecule has 0 bridgehead atoms. The van der Waals surface area contributed by atoms with Gasteiger partial charge >= 0.3 is 0 Å². The number of nitrogens with zero attached hydrogens (tertiary/aromatic N) is 3. The predicted molar refractivity (Wildman–Crippen MR) is 115 cm³/mol. The Kier molecular flexibility index (Phi) is 5.56. The monoisotopic (exact) mass is 387 g/mol. The Labute approximate surface area is 170 Å². The molecule has 0 saturated carbocycles. The van der Waals surface area contributed by atoms with Gasteiger partial charge in [0.05, 0.1) is 5.69 Å². The van der Waals surface area contributed by atoms with E-state index in [1.807, 2.05) is 54.3 Å². The second kappa shape index (κ2) is 8.43. The molecule has 0 saturated heterocycles. The van der Waals surface area contributed by atoms with Gasteiger partial charge in [-0.05, 0) is 43.9 Å². The fourth-order valence-corrected chi connectivity index (χ4v) is 3.80. The maximum Gasteiger partial charge on any atom is 0.266 e. The predicted octanol–water partition coefficient (Wildman–Crippen LogP) is 3.98. The van der Waals surface area contributed by atoms with Crippen molar-refractivity contribution < 1.29 is 4.79 Å². The standard InChI is InChI=1S/C24H25N3O2/c1-18-10-12-19(13-11-18)21-14-15-24(29)27(25-21)17-5-9-23(28)26-16-4-7-20-6-2-3-8-22(20)26/h2-3,6,8,10-15H,4-5,7,9,16-17H2,1H3. The zero-order chi connectivity index (χ0) is 20.2. The fraction of sp³-hybridized carbons (Fsp3) is 0.292. The zero-order valence-electron chi connectivity index (χ0n) is 16.7. The first-order valence-electron chi connectivity index (χ1n) is 10.2. The molecule has 1 amide bonds. The van der Waals surface area contributed by atoms with Gasteiger partial charge in [0.25, 0.3) is 5.56 Å². The highest BCUT2D eigenvalue weighted by Gasteiger charge is 2.21. The highest BCUT2D eigenvalue weighted by Crippen LogP contribution is 2.27. The first-order valence-corrected chi connectivity index (χ1v) is 10.2. The van der Waals surface area contributed by atoms with Crippen LogP contribution in [0.5, 0.6) is 0 Å². The lowest BCUT2D eigenvalue weighted by atomic mass is 10.0. The van der Waals surface area contributed by atoms with Crippen molar-refractivity contribution in [2.75, 3.05) is 11.4 Å². The van der Waals surface area contributed by atoms with E-state index in [1.165, 1.54) is 15.8 Å². The van der Waals surface area contributed by atoms with Crippen LogP contribution in [0.15, 0.2) is 65.5 Å². The third-order valence-corrected chi connectivity index (χ3v) is 5.39. The molecule has 29 heavy (non-hydrogen) atoms. The molecule has 0 atom stereocenters. The number of carbonyl (C=O) groups is 1. The Balaban J connectivity index is 1.42. The number of amides is 1. The zero-order valence-corrected chi connectivity index (χ0v) is 16.7. The van der Waals surface area contributed by atoms with Crippen molar-refractivity contribution in [1.82, 2.24) is 9.78 Å². The van der Waals surface area contributed by atoms with Crippen LogP contribution in [0.25, 0.3) is 11.3 Å². The van der Waals surface area contributed by atoms with Crippen LogP contribution in [0.4, 0.5) is 5.69 Å². The molecule has 0 radical (unpaired) electrons. The van der Waals surface area contributed by atoms with Gasteiger partial charge in [-0.15, -0.1) is 0 Å². The van der Waals surface area contributed by atoms with Crippen LogP contribution >= 0.6 is 0 Å². The minimum atomic E-state index is -0.142. The van der Waals surface area contributed by atoms with E-state index in [0.29, 0.717) is 19.4 Å². The number of carbonyl (C=O) groups excluding carboxylic acids is 1. The topological polar surface area (TPSA) is 55.2 Å². The van der Waals surface area contributed by atoms with Crippen molar-refractivity contribution in [3.63, 3.8) is 0 Å². The van der Waals surface area contributed by atoms with E-state index >= 15 is 0 Å². The summed E-state index contributed by atoms with van der Waals surface area (Å²) in [6.07, 6.45) is 2.99. The highest BCUT2D eigenvalue weighted by molar-refractivity contribution is 5.94. The molecule has 1 aliphatic rings. The van der Waals surface area contributed by atoms with Crippen LogP contribution in [0.1, 0.15) is 30.4 Å². The number of benzene rings is 2. The number of aryl methyl sites for hydroxylation is 3. The summed E-state index contributed by atoms with van der Waals surface area (Å²) in [5, 5.41) is 4.50. The second-order valence-corrected chi connectivity index (χ2v) is 7.53. The summed E-state index contributed by atoms with van der Waals surface area (Å²) in [5.74, 6) is 0.111. The lowest BCUT2D eigenvalue weighted by Crippen LogP contribution is -2.35. The summed E-state index contributed by atoms with van der Waals surface area (Å²) < 4.78 is 1.46. The van der Waals surface area contributed by atoms with Gasteiger partial charge in [0, 0.05) is 36.8 Å². The van der Waals surface area contributed by atoms with Crippen LogP contribution in [-0.2, 0) is 17.8 Å². The maximum atomic E-state index is 12.8. The van der Waals surface area contributed by atoms with Crippen molar-refractivity contribution in [3.05, 3.63) is 82.1 Å². The number of hydrogen-bond donors (Lipinski definition) is 0. The summed E-state index contributed by atoms with van der Waals surface area (Å²) in [7, 11) is 0. The fourth-order valence-electron chi connectivity index (χ4n) is 3.80. The summed E-state index contributed by atoms with van der Waals surface area (Å²) in [6, 6.07) is 19.5. The molecule has 0 fully saturated rings. The van der Waals surface area contributed by atoms with Gasteiger partial charge in [0.2, 0.25) is 5.91 Å². The number of anilines is 1. The van der Waals surface area contributed by atoms with E-state index in [-0.39, 0.29) is 11.5 Å². The number of aromatic nitrogens is 2. The quantitative estimate of drug-likeness (QED) is 0.665. The minimum absolute atomic E-state index is 0.111. The van der Waals surface area contributed by atoms with Gasteiger partial charge in [-0.25, -0.2) is 4.68 Å². The van der Waals surface area contributed by atoms with Gasteiger partial charge in [-0.1, -0.05) is 48.0 Å². The minimum Gasteiger partial charge on any atom is -0.312 e. The molecular formula is C24H25N3O2. The van der Waals surface area contributed by atoms with E-state index in [9.17, 15) is 9.59 Å². The SMILES string of the molecule is Cc1ccc(-c2ccc(=O)n(CCCC(=O)N3CCCc4ccccc43)n2)cc1. The van der Waals surface area contributed by atoms with Crippen LogP contribution < -0.4 is 10.5 Å². The molecule has 0 unspecified atom stereocenters. The summed E-state index contributed by atoms with van der Waals surface area (Å²) in [4.78, 5) is 26.9. The average molecular weight is 387 g/mol. The average Bonchev–Trinajstić information content (AvgIpc) is 2.75. The molecule has 0 spiro atoms. The van der Waals surface area contributed by atoms with E-state index in [2.05, 4.69) is 11.2 Å². The summed E-state index contributed by atoms with van der Waals surface area (Å²) >= 11 is 0. The largest absolute Gasteiger partial charge is 0.312 e. The molecule has 148 valence electrons. The molecule has 1 aromatic heterocycles. The van der Waals surface area contributed by atoms with Crippen molar-refractivity contribution in [2.45, 2.75) is 39.2 Å². The van der Waals surface area contributed by atoms with E-state index in [4.69, 9.17) is 0 Å². The maximum absolute atomic E-state index is 12.8. The Hall–Kier alpha value is -3.21. The van der Waals surface area contributed by atoms with Gasteiger partial charge in [0.15, 0.2) is 0 Å². The van der Waals surface area contributed by atoms with Crippen molar-refractivity contribution in [2.24, 2.45) is 0 Å². The van der Waals surface area contributed by atoms with Crippen LogP contribution in [0.3, 0.4) is 0 Å². The number of rotatable bonds is 5. The van der Waals surface area contributed by atoms with Crippen molar-refractivity contribution in [3.8, 4) is 11.3 Å². The first-order chi connectivity index (χ1) is 14.1. The van der Waals surface area contributed by atoms with Gasteiger partial charge < -0.3 is 4.90 Å². The Morgan fingerprint density at radius 3 is 2.66 bits per heavy atom. The number of para-hydroxylation sites is 1. The van der Waals surface area contributed by atoms with Gasteiger partial charge in [0.1, 0.15) is 0 Å². The molecule has 2 aromatic carbocycles. The Morgan fingerprint density at radius 2 is 1.83 bits per heavy atom. The van der Waals surface area contributed by atoms with Crippen LogP contribution in [0.2, 0.25) is 0 Å². The molecule has 0 aliphatic carbocycles. The van der Waals surface area contributed by atoms with Crippen LogP contribution in [0, 0.1) is 6.92 Å². The lowest BCUT2D eigenvalue weighted by Gasteiger charge is -2.29. The third kappa shape index (κ3) is 4.29. The molecule has 5 heteroatoms. The highest BCUT2D eigenvalue weighted by atomic mass is 16.2. The molecule has 5 nitrogen and oxygen atoms in total. The van der Waals surface area contributed by atoms with E-state index in [1.54, 1.807) is 12.1 Å². The third-order valence-electron chi connectivity index (χ3n) is 5.39. The van der Waals surface area contributed by atoms with Crippen molar-refractivity contribution >= 4 is 11.6 Å². The molecule has 4 rings (SSSR count). The molecule has 2 heterocycles. The Bertz CT molecular complexity index is 1070. The number of fused-ring (bicyclic) bond motifs is 1. The molecular weight excluding hydrogens is 362 g/mol. The van der Waals surface area contributed by atoms with Crippen molar-refractivity contribution in [1.29, 1.82) is 0 Å². The normalized spacial score (nSPS) is 13.2. The van der Waals surface area contributed by atoms with E-state index in [0.717, 1.165) is 36.3 Å². The van der Waals surface area contributed by atoms with Gasteiger partial charge in [-0.2, -0.15) is 5.10 Å². The molecule has 1 aliphatic heterocycles. The number of hydrogen-bond acceptors (Lipinski definition) is 3. The smallest absolute Gasteiger partial charge is 0.266 e. The van der Waals surface area contributed by atoms with Crippen LogP contribution in [-0.4, -0.2) is 22.2 Å². The van der Waals surface area contributed by atoms with Gasteiger partial charge in [-0.3, -0.25) is 9.59 Å². The van der Waals surface area contributed by atoms with E-state index < -0.39 is 0 Å². The first kappa shape index (κ1) is 19.1. The molecule has 0 N–H and O–H groups in total. The Morgan fingerprint density at radius 1 is 1.03 bits per heavy atom. The second-order valence-electron chi connectivity index (χ2n) is 7.53. The summed E-state index contributed by atoms with van der Waals surface area (Å²) in [6.45, 7) is 3.23. The lowest BCUT2D eigenvalue weighted by molar-refractivity contribution is -0.118. The summed E-state index contributed by atoms with van der Waals surface area (Å²) in [5.41, 5.74) is 5.04.